The Morgan fingerprint density at radius 2 is 1.59 bits per heavy atom. The molecule has 1 aromatic carbocycles. The maximum absolute atomic E-state index is 6.10. The molecule has 0 N–H and O–H groups in total. The topological polar surface area (TPSA) is 21.7 Å². The number of thiol groups is 1. The number of nitrogens with zero attached hydrogens (tertiary/aromatic N) is 1. The molecule has 0 radical (unpaired) electrons. The van der Waals surface area contributed by atoms with Crippen LogP contribution in [0.15, 0.2) is 29.7 Å². The molecule has 0 unspecified atom stereocenters. The molecule has 0 atom stereocenters. The van der Waals surface area contributed by atoms with Crippen molar-refractivity contribution in [2.45, 2.75) is 38.9 Å². The molecular formula is C17H26BNO2S. The van der Waals surface area contributed by atoms with Crippen molar-refractivity contribution in [2.75, 3.05) is 24.7 Å². The Kier molecular flexibility index (Phi) is 5.00. The molecule has 1 heterocycles. The van der Waals surface area contributed by atoms with Gasteiger partial charge in [-0.3, -0.25) is 0 Å². The Balaban J connectivity index is 2.22. The third kappa shape index (κ3) is 3.53. The van der Waals surface area contributed by atoms with E-state index < -0.39 is 0 Å². The highest BCUT2D eigenvalue weighted by Crippen LogP contribution is 2.39. The van der Waals surface area contributed by atoms with Crippen LogP contribution in [-0.2, 0) is 9.31 Å². The average molecular weight is 319 g/mol. The third-order valence-electron chi connectivity index (χ3n) is 4.50. The second-order valence-electron chi connectivity index (χ2n) is 6.95. The normalized spacial score (nSPS) is 20.3. The maximum atomic E-state index is 6.10. The number of benzene rings is 1. The van der Waals surface area contributed by atoms with Gasteiger partial charge in [-0.25, -0.2) is 0 Å². The lowest BCUT2D eigenvalue weighted by Gasteiger charge is -2.32. The predicted molar refractivity (Wildman–Crippen MR) is 98.7 cm³/mol. The van der Waals surface area contributed by atoms with Crippen LogP contribution in [0, 0.1) is 0 Å². The van der Waals surface area contributed by atoms with Crippen LogP contribution in [0.1, 0.15) is 33.3 Å². The van der Waals surface area contributed by atoms with E-state index in [4.69, 9.17) is 9.31 Å². The van der Waals surface area contributed by atoms with E-state index >= 15 is 0 Å². The summed E-state index contributed by atoms with van der Waals surface area (Å²) in [6.45, 7) is 8.26. The molecule has 1 aliphatic heterocycles. The maximum Gasteiger partial charge on any atom is 0.491 e. The minimum atomic E-state index is -0.337. The van der Waals surface area contributed by atoms with Crippen LogP contribution in [0.3, 0.4) is 0 Å². The molecule has 2 rings (SSSR count). The van der Waals surface area contributed by atoms with Gasteiger partial charge in [0.05, 0.1) is 11.2 Å². The van der Waals surface area contributed by atoms with Crippen LogP contribution < -0.4 is 4.90 Å². The summed E-state index contributed by atoms with van der Waals surface area (Å²) in [6.07, 6.45) is 2.11. The largest absolute Gasteiger partial charge is 0.491 e. The number of rotatable bonds is 4. The highest BCUT2D eigenvalue weighted by atomic mass is 32.1. The van der Waals surface area contributed by atoms with Gasteiger partial charge in [0.1, 0.15) is 0 Å². The van der Waals surface area contributed by atoms with Gasteiger partial charge in [-0.15, -0.1) is 0 Å². The number of anilines is 1. The van der Waals surface area contributed by atoms with Crippen molar-refractivity contribution in [2.24, 2.45) is 0 Å². The van der Waals surface area contributed by atoms with Crippen molar-refractivity contribution in [3.05, 3.63) is 35.3 Å². The van der Waals surface area contributed by atoms with Crippen molar-refractivity contribution < 1.29 is 9.31 Å². The van der Waals surface area contributed by atoms with Gasteiger partial charge in [-0.1, -0.05) is 18.2 Å². The van der Waals surface area contributed by atoms with Crippen molar-refractivity contribution in [1.29, 1.82) is 0 Å². The van der Waals surface area contributed by atoms with Crippen molar-refractivity contribution in [3.63, 3.8) is 0 Å². The first-order chi connectivity index (χ1) is 10.2. The van der Waals surface area contributed by atoms with E-state index in [0.29, 0.717) is 5.75 Å². The molecular weight excluding hydrogens is 293 g/mol. The molecule has 22 heavy (non-hydrogen) atoms. The first-order valence-corrected chi connectivity index (χ1v) is 8.24. The Morgan fingerprint density at radius 1 is 1.09 bits per heavy atom. The standard InChI is InChI=1S/C17H26BNO2S/c1-16(2)17(3,4)21-18(20-16)14(12-22)11-13-7-9-15(10-8-13)19(5)6/h7-11,22H,12H2,1-6H3. The summed E-state index contributed by atoms with van der Waals surface area (Å²) >= 11 is 4.45. The number of hydrogen-bond donors (Lipinski definition) is 1. The van der Waals surface area contributed by atoms with E-state index in [0.717, 1.165) is 11.0 Å². The van der Waals surface area contributed by atoms with Crippen LogP contribution in [0.25, 0.3) is 6.08 Å². The smallest absolute Gasteiger partial charge is 0.400 e. The van der Waals surface area contributed by atoms with E-state index in [1.807, 2.05) is 14.1 Å². The zero-order valence-corrected chi connectivity index (χ0v) is 15.3. The molecule has 0 saturated carbocycles. The fourth-order valence-corrected chi connectivity index (χ4v) is 2.51. The molecule has 3 nitrogen and oxygen atoms in total. The van der Waals surface area contributed by atoms with E-state index in [1.165, 1.54) is 5.69 Å². The average Bonchev–Trinajstić information content (AvgIpc) is 2.65. The fraction of sp³-hybridized carbons (Fsp3) is 0.529. The molecule has 5 heteroatoms. The van der Waals surface area contributed by atoms with Crippen LogP contribution in [0.2, 0.25) is 0 Å². The van der Waals surface area contributed by atoms with E-state index in [-0.39, 0.29) is 18.3 Å². The van der Waals surface area contributed by atoms with E-state index in [2.05, 4.69) is 75.6 Å². The van der Waals surface area contributed by atoms with Crippen molar-refractivity contribution >= 4 is 31.5 Å². The molecule has 1 saturated heterocycles. The highest BCUT2D eigenvalue weighted by molar-refractivity contribution is 7.80. The van der Waals surface area contributed by atoms with Gasteiger partial charge >= 0.3 is 7.12 Å². The van der Waals surface area contributed by atoms with Gasteiger partial charge in [-0.2, -0.15) is 12.6 Å². The summed E-state index contributed by atoms with van der Waals surface area (Å²) in [7, 11) is 3.74. The molecule has 0 spiro atoms. The van der Waals surface area contributed by atoms with Crippen LogP contribution in [0.4, 0.5) is 5.69 Å². The summed E-state index contributed by atoms with van der Waals surface area (Å²) in [5, 5.41) is 0. The third-order valence-corrected chi connectivity index (χ3v) is 4.87. The summed E-state index contributed by atoms with van der Waals surface area (Å²) in [6, 6.07) is 8.41. The van der Waals surface area contributed by atoms with Crippen molar-refractivity contribution in [1.82, 2.24) is 0 Å². The lowest BCUT2D eigenvalue weighted by molar-refractivity contribution is 0.00578. The highest BCUT2D eigenvalue weighted by Gasteiger charge is 2.52. The summed E-state index contributed by atoms with van der Waals surface area (Å²) < 4.78 is 12.2. The molecule has 1 aromatic rings. The molecule has 1 fully saturated rings. The van der Waals surface area contributed by atoms with Crippen LogP contribution in [0.5, 0.6) is 0 Å². The van der Waals surface area contributed by atoms with Gasteiger partial charge in [0, 0.05) is 25.5 Å². The Bertz CT molecular complexity index is 536. The Labute approximate surface area is 140 Å². The lowest BCUT2D eigenvalue weighted by Crippen LogP contribution is -2.41. The zero-order valence-electron chi connectivity index (χ0n) is 14.4. The summed E-state index contributed by atoms with van der Waals surface area (Å²) in [4.78, 5) is 2.08. The fourth-order valence-electron chi connectivity index (χ4n) is 2.27. The molecule has 0 aliphatic carbocycles. The first-order valence-electron chi connectivity index (χ1n) is 7.60. The van der Waals surface area contributed by atoms with E-state index in [1.54, 1.807) is 0 Å². The van der Waals surface area contributed by atoms with Gasteiger partial charge in [0.15, 0.2) is 0 Å². The molecule has 1 aliphatic rings. The lowest BCUT2D eigenvalue weighted by atomic mass is 9.78. The van der Waals surface area contributed by atoms with E-state index in [9.17, 15) is 0 Å². The second kappa shape index (κ2) is 6.30. The monoisotopic (exact) mass is 319 g/mol. The quantitative estimate of drug-likeness (QED) is 0.676. The Hall–Kier alpha value is -0.905. The molecule has 0 bridgehead atoms. The second-order valence-corrected chi connectivity index (χ2v) is 7.27. The Morgan fingerprint density at radius 3 is 2.00 bits per heavy atom. The molecule has 0 aromatic heterocycles. The van der Waals surface area contributed by atoms with Crippen LogP contribution >= 0.6 is 12.6 Å². The van der Waals surface area contributed by atoms with Gasteiger partial charge in [0.2, 0.25) is 0 Å². The molecule has 0 amide bonds. The summed E-state index contributed by atoms with van der Waals surface area (Å²) in [5.41, 5.74) is 2.70. The zero-order chi connectivity index (χ0) is 16.5. The summed E-state index contributed by atoms with van der Waals surface area (Å²) in [5.74, 6) is 0.603. The predicted octanol–water partition coefficient (Wildman–Crippen LogP) is 3.70. The van der Waals surface area contributed by atoms with Crippen LogP contribution in [-0.4, -0.2) is 38.2 Å². The minimum Gasteiger partial charge on any atom is -0.400 e. The minimum absolute atomic E-state index is 0.325. The van der Waals surface area contributed by atoms with Gasteiger partial charge in [0.25, 0.3) is 0 Å². The molecule has 120 valence electrons. The first kappa shape index (κ1) is 17.4. The van der Waals surface area contributed by atoms with Crippen molar-refractivity contribution in [3.8, 4) is 0 Å². The van der Waals surface area contributed by atoms with Gasteiger partial charge < -0.3 is 14.2 Å². The van der Waals surface area contributed by atoms with Gasteiger partial charge in [-0.05, 0) is 50.9 Å². The number of hydrogen-bond acceptors (Lipinski definition) is 4. The SMILES string of the molecule is CN(C)c1ccc(C=C(CS)B2OC(C)(C)C(C)(C)O2)cc1.